The van der Waals surface area contributed by atoms with Crippen molar-refractivity contribution in [3.05, 3.63) is 23.5 Å². The summed E-state index contributed by atoms with van der Waals surface area (Å²) in [4.78, 5) is 15.3. The first-order valence-corrected chi connectivity index (χ1v) is 9.10. The molecule has 3 rings (SSSR count). The topological polar surface area (TPSA) is 87.6 Å². The van der Waals surface area contributed by atoms with Crippen LogP contribution in [0.1, 0.15) is 32.1 Å². The number of aromatic nitrogens is 1. The molecule has 1 aliphatic heterocycles. The Morgan fingerprint density at radius 3 is 2.73 bits per heavy atom. The molecule has 8 heteroatoms. The van der Waals surface area contributed by atoms with Gasteiger partial charge >= 0.3 is 5.97 Å². The number of hydrogen-bond acceptors (Lipinski definition) is 4. The zero-order valence-electron chi connectivity index (χ0n) is 11.9. The normalized spacial score (nSPS) is 29.2. The van der Waals surface area contributed by atoms with E-state index < -0.39 is 22.0 Å². The number of halogens is 1. The van der Waals surface area contributed by atoms with Crippen molar-refractivity contribution in [2.24, 2.45) is 5.92 Å². The van der Waals surface area contributed by atoms with E-state index in [9.17, 15) is 18.3 Å². The summed E-state index contributed by atoms with van der Waals surface area (Å²) in [5.41, 5.74) is 0. The minimum Gasteiger partial charge on any atom is -0.480 e. The van der Waals surface area contributed by atoms with Gasteiger partial charge in [0, 0.05) is 18.4 Å². The molecule has 1 aromatic heterocycles. The maximum Gasteiger partial charge on any atom is 0.322 e. The van der Waals surface area contributed by atoms with E-state index in [2.05, 4.69) is 4.98 Å². The predicted octanol–water partition coefficient (Wildman–Crippen LogP) is 2.14. The van der Waals surface area contributed by atoms with E-state index in [1.807, 2.05) is 0 Å². The highest BCUT2D eigenvalue weighted by molar-refractivity contribution is 7.89. The van der Waals surface area contributed by atoms with Crippen LogP contribution in [-0.2, 0) is 14.8 Å². The van der Waals surface area contributed by atoms with Crippen molar-refractivity contribution in [1.29, 1.82) is 0 Å². The fourth-order valence-corrected chi connectivity index (χ4v) is 5.73. The lowest BCUT2D eigenvalue weighted by Crippen LogP contribution is -2.46. The van der Waals surface area contributed by atoms with Gasteiger partial charge in [0.25, 0.3) is 0 Å². The summed E-state index contributed by atoms with van der Waals surface area (Å²) in [5, 5.41) is 9.66. The molecule has 0 aromatic carbocycles. The molecule has 1 saturated heterocycles. The number of hydrogen-bond donors (Lipinski definition) is 1. The van der Waals surface area contributed by atoms with E-state index in [1.54, 1.807) is 0 Å². The first-order valence-electron chi connectivity index (χ1n) is 7.28. The molecule has 1 N–H and O–H groups in total. The van der Waals surface area contributed by atoms with Crippen molar-refractivity contribution < 1.29 is 18.3 Å². The highest BCUT2D eigenvalue weighted by Gasteiger charge is 2.51. The molecule has 2 aliphatic rings. The van der Waals surface area contributed by atoms with Gasteiger partial charge in [-0.2, -0.15) is 4.31 Å². The Hall–Kier alpha value is -1.18. The van der Waals surface area contributed by atoms with Crippen LogP contribution in [0, 0.1) is 5.92 Å². The third-order valence-electron chi connectivity index (χ3n) is 4.57. The van der Waals surface area contributed by atoms with E-state index >= 15 is 0 Å². The first kappa shape index (κ1) is 15.7. The number of sulfonamides is 1. The van der Waals surface area contributed by atoms with Gasteiger partial charge in [-0.05, 0) is 31.2 Å². The van der Waals surface area contributed by atoms with Gasteiger partial charge in [0.1, 0.15) is 10.9 Å². The van der Waals surface area contributed by atoms with Gasteiger partial charge < -0.3 is 5.11 Å². The average Bonchev–Trinajstić information content (AvgIpc) is 2.87. The molecule has 1 aromatic rings. The second kappa shape index (κ2) is 5.79. The van der Waals surface area contributed by atoms with E-state index in [-0.39, 0.29) is 21.9 Å². The highest BCUT2D eigenvalue weighted by Crippen LogP contribution is 2.42. The van der Waals surface area contributed by atoms with Gasteiger partial charge in [-0.3, -0.25) is 9.78 Å². The molecule has 22 heavy (non-hydrogen) atoms. The molecule has 120 valence electrons. The smallest absolute Gasteiger partial charge is 0.322 e. The van der Waals surface area contributed by atoms with Crippen LogP contribution in [0.25, 0.3) is 0 Å². The summed E-state index contributed by atoms with van der Waals surface area (Å²) in [6.45, 7) is 0. The molecular weight excluding hydrogens is 328 g/mol. The second-order valence-electron chi connectivity index (χ2n) is 5.88. The van der Waals surface area contributed by atoms with Crippen LogP contribution in [0.15, 0.2) is 23.4 Å². The lowest BCUT2D eigenvalue weighted by atomic mass is 9.85. The lowest BCUT2D eigenvalue weighted by molar-refractivity contribution is -0.141. The fraction of sp³-hybridized carbons (Fsp3) is 0.571. The standard InChI is InChI=1S/C14H17ClN2O4S/c15-10-6-11(8-16-7-10)22(20,21)17-12-4-2-1-3-9(12)5-13(17)14(18)19/h6-9,12-13H,1-5H2,(H,18,19). The summed E-state index contributed by atoms with van der Waals surface area (Å²) < 4.78 is 27.0. The van der Waals surface area contributed by atoms with E-state index in [0.29, 0.717) is 12.8 Å². The second-order valence-corrected chi connectivity index (χ2v) is 8.16. The van der Waals surface area contributed by atoms with Crippen molar-refractivity contribution in [3.8, 4) is 0 Å². The largest absolute Gasteiger partial charge is 0.480 e. The fourth-order valence-electron chi connectivity index (χ4n) is 3.63. The number of rotatable bonds is 3. The summed E-state index contributed by atoms with van der Waals surface area (Å²) >= 11 is 5.83. The Labute approximate surface area is 134 Å². The zero-order chi connectivity index (χ0) is 15.9. The maximum atomic E-state index is 12.9. The minimum atomic E-state index is -3.92. The average molecular weight is 345 g/mol. The number of fused-ring (bicyclic) bond motifs is 1. The van der Waals surface area contributed by atoms with Gasteiger partial charge in [-0.15, -0.1) is 0 Å². The summed E-state index contributed by atoms with van der Waals surface area (Å²) in [6, 6.07) is 0.0785. The highest BCUT2D eigenvalue weighted by atomic mass is 35.5. The Balaban J connectivity index is 2.04. The number of carboxylic acid groups (broad SMARTS) is 1. The van der Waals surface area contributed by atoms with E-state index in [4.69, 9.17) is 11.6 Å². The minimum absolute atomic E-state index is 0.0440. The third kappa shape index (κ3) is 2.61. The number of nitrogens with zero attached hydrogens (tertiary/aromatic N) is 2. The lowest BCUT2D eigenvalue weighted by Gasteiger charge is -2.32. The summed E-state index contributed by atoms with van der Waals surface area (Å²) in [5.74, 6) is -0.968. The summed E-state index contributed by atoms with van der Waals surface area (Å²) in [7, 11) is -3.92. The SMILES string of the molecule is O=C(O)C1CC2CCCCC2N1S(=O)(=O)c1cncc(Cl)c1. The van der Waals surface area contributed by atoms with Crippen LogP contribution >= 0.6 is 11.6 Å². The molecule has 1 saturated carbocycles. The molecule has 6 nitrogen and oxygen atoms in total. The van der Waals surface area contributed by atoms with E-state index in [1.165, 1.54) is 22.8 Å². The number of carboxylic acids is 1. The van der Waals surface area contributed by atoms with Crippen LogP contribution in [0.4, 0.5) is 0 Å². The number of pyridine rings is 1. The Morgan fingerprint density at radius 2 is 2.05 bits per heavy atom. The van der Waals surface area contributed by atoms with E-state index in [0.717, 1.165) is 19.3 Å². The van der Waals surface area contributed by atoms with Gasteiger partial charge in [0.2, 0.25) is 10.0 Å². The monoisotopic (exact) mass is 344 g/mol. The molecule has 0 radical (unpaired) electrons. The molecule has 0 amide bonds. The van der Waals surface area contributed by atoms with Crippen LogP contribution in [0.3, 0.4) is 0 Å². The zero-order valence-corrected chi connectivity index (χ0v) is 13.4. The molecule has 3 unspecified atom stereocenters. The van der Waals surface area contributed by atoms with Gasteiger partial charge in [0.05, 0.1) is 5.02 Å². The number of carbonyl (C=O) groups is 1. The van der Waals surface area contributed by atoms with Gasteiger partial charge in [-0.25, -0.2) is 8.42 Å². The molecule has 1 aliphatic carbocycles. The number of aliphatic carboxylic acids is 1. The third-order valence-corrected chi connectivity index (χ3v) is 6.68. The van der Waals surface area contributed by atoms with Crippen LogP contribution in [-0.4, -0.2) is 40.9 Å². The molecule has 2 fully saturated rings. The van der Waals surface area contributed by atoms with Crippen molar-refractivity contribution in [3.63, 3.8) is 0 Å². The predicted molar refractivity (Wildman–Crippen MR) is 80.1 cm³/mol. The van der Waals surface area contributed by atoms with Crippen LogP contribution < -0.4 is 0 Å². The molecule has 3 atom stereocenters. The van der Waals surface area contributed by atoms with Crippen LogP contribution in [0.2, 0.25) is 5.02 Å². The van der Waals surface area contributed by atoms with Crippen molar-refractivity contribution in [1.82, 2.24) is 9.29 Å². The van der Waals surface area contributed by atoms with Crippen molar-refractivity contribution in [2.45, 2.75) is 49.1 Å². The van der Waals surface area contributed by atoms with Gasteiger partial charge in [-0.1, -0.05) is 24.4 Å². The maximum absolute atomic E-state index is 12.9. The first-order chi connectivity index (χ1) is 10.4. The molecule has 2 heterocycles. The molecule has 0 spiro atoms. The Kier molecular flexibility index (Phi) is 4.13. The van der Waals surface area contributed by atoms with Crippen LogP contribution in [0.5, 0.6) is 0 Å². The Morgan fingerprint density at radius 1 is 1.32 bits per heavy atom. The van der Waals surface area contributed by atoms with Gasteiger partial charge in [0.15, 0.2) is 0 Å². The molecular formula is C14H17ClN2O4S. The molecule has 0 bridgehead atoms. The summed E-state index contributed by atoms with van der Waals surface area (Å²) in [6.07, 6.45) is 6.50. The van der Waals surface area contributed by atoms with Crippen molar-refractivity contribution in [2.75, 3.05) is 0 Å². The quantitative estimate of drug-likeness (QED) is 0.907. The van der Waals surface area contributed by atoms with Crippen molar-refractivity contribution >= 4 is 27.6 Å². The Bertz CT molecular complexity index is 694.